The molecular formula is C17H13ClF3NO3. The van der Waals surface area contributed by atoms with Gasteiger partial charge in [0.25, 0.3) is 0 Å². The fourth-order valence-corrected chi connectivity index (χ4v) is 4.33. The molecule has 4 atom stereocenters. The lowest BCUT2D eigenvalue weighted by Crippen LogP contribution is -2.39. The van der Waals surface area contributed by atoms with Crippen LogP contribution in [0.1, 0.15) is 19.4 Å². The van der Waals surface area contributed by atoms with Gasteiger partial charge in [-0.05, 0) is 32.0 Å². The van der Waals surface area contributed by atoms with Gasteiger partial charge in [0, 0.05) is 0 Å². The van der Waals surface area contributed by atoms with Crippen LogP contribution in [0, 0.1) is 11.8 Å². The number of nitrogens with zero attached hydrogens (tertiary/aromatic N) is 1. The topological polar surface area (TPSA) is 46.6 Å². The Morgan fingerprint density at radius 1 is 1.08 bits per heavy atom. The second kappa shape index (κ2) is 4.65. The summed E-state index contributed by atoms with van der Waals surface area (Å²) < 4.78 is 44.9. The highest BCUT2D eigenvalue weighted by Gasteiger charge is 2.70. The minimum absolute atomic E-state index is 0.0915. The molecule has 3 heterocycles. The molecule has 0 aromatic heterocycles. The van der Waals surface area contributed by atoms with Crippen molar-refractivity contribution >= 4 is 29.1 Å². The van der Waals surface area contributed by atoms with E-state index in [0.717, 1.165) is 23.1 Å². The number of hydrogen-bond donors (Lipinski definition) is 0. The van der Waals surface area contributed by atoms with Crippen molar-refractivity contribution in [1.82, 2.24) is 0 Å². The van der Waals surface area contributed by atoms with Crippen molar-refractivity contribution in [3.05, 3.63) is 40.9 Å². The van der Waals surface area contributed by atoms with Crippen LogP contribution in [0.5, 0.6) is 0 Å². The first-order chi connectivity index (χ1) is 11.5. The fourth-order valence-electron chi connectivity index (χ4n) is 4.13. The van der Waals surface area contributed by atoms with Crippen molar-refractivity contribution in [2.45, 2.75) is 31.2 Å². The monoisotopic (exact) mass is 371 g/mol. The Bertz CT molecular complexity index is 816. The zero-order valence-electron chi connectivity index (χ0n) is 13.2. The maximum atomic E-state index is 13.0. The Hall–Kier alpha value is -1.86. The van der Waals surface area contributed by atoms with Gasteiger partial charge in [-0.1, -0.05) is 23.8 Å². The standard InChI is InChI=1S/C17H13ClF3NO3/c1-15-5-6-16(2,25-15)12-11(15)13(23)22(14(12)24)10-7-8(17(19,20)21)3-4-9(10)18/h3-7,11-12H,1-2H3/t11-,12-,15-,16+/m1/s1. The van der Waals surface area contributed by atoms with Crippen molar-refractivity contribution in [2.75, 3.05) is 4.90 Å². The average molecular weight is 372 g/mol. The number of carbonyl (C=O) groups excluding carboxylic acids is 2. The maximum Gasteiger partial charge on any atom is 0.416 e. The number of imide groups is 1. The van der Waals surface area contributed by atoms with Crippen LogP contribution in [0.4, 0.5) is 18.9 Å². The number of halogens is 4. The predicted molar refractivity (Wildman–Crippen MR) is 83.0 cm³/mol. The van der Waals surface area contributed by atoms with Gasteiger partial charge in [0.05, 0.1) is 39.3 Å². The van der Waals surface area contributed by atoms with E-state index in [4.69, 9.17) is 16.3 Å². The Morgan fingerprint density at radius 2 is 1.60 bits per heavy atom. The highest BCUT2D eigenvalue weighted by atomic mass is 35.5. The largest absolute Gasteiger partial charge is 0.416 e. The zero-order chi connectivity index (χ0) is 18.4. The van der Waals surface area contributed by atoms with Crippen LogP contribution in [0.25, 0.3) is 0 Å². The van der Waals surface area contributed by atoms with E-state index in [1.807, 2.05) is 0 Å². The zero-order valence-corrected chi connectivity index (χ0v) is 14.0. The van der Waals surface area contributed by atoms with E-state index in [-0.39, 0.29) is 10.7 Å². The van der Waals surface area contributed by atoms with Crippen LogP contribution in [0.2, 0.25) is 5.02 Å². The van der Waals surface area contributed by atoms with E-state index >= 15 is 0 Å². The van der Waals surface area contributed by atoms with E-state index in [0.29, 0.717) is 0 Å². The number of amides is 2. The predicted octanol–water partition coefficient (Wildman–Crippen LogP) is 3.58. The first-order valence-corrected chi connectivity index (χ1v) is 8.01. The molecule has 0 spiro atoms. The molecule has 0 unspecified atom stereocenters. The van der Waals surface area contributed by atoms with Crippen LogP contribution in [-0.2, 0) is 20.5 Å². The summed E-state index contributed by atoms with van der Waals surface area (Å²) in [7, 11) is 0. The van der Waals surface area contributed by atoms with Crippen LogP contribution in [0.3, 0.4) is 0 Å². The van der Waals surface area contributed by atoms with E-state index in [9.17, 15) is 22.8 Å². The number of anilines is 1. The summed E-state index contributed by atoms with van der Waals surface area (Å²) in [6, 6.07) is 2.59. The molecule has 1 aromatic rings. The second-order valence-corrected chi connectivity index (χ2v) is 7.34. The van der Waals surface area contributed by atoms with Crippen LogP contribution >= 0.6 is 11.6 Å². The fraction of sp³-hybridized carbons (Fsp3) is 0.412. The summed E-state index contributed by atoms with van der Waals surface area (Å²) in [5.74, 6) is -2.74. The summed E-state index contributed by atoms with van der Waals surface area (Å²) in [5.41, 5.74) is -3.11. The smallest absolute Gasteiger partial charge is 0.359 e. The maximum absolute atomic E-state index is 13.0. The Labute approximate surface area is 146 Å². The molecule has 0 aliphatic carbocycles. The highest BCUT2D eigenvalue weighted by molar-refractivity contribution is 6.36. The van der Waals surface area contributed by atoms with E-state index in [1.165, 1.54) is 0 Å². The molecule has 0 N–H and O–H groups in total. The summed E-state index contributed by atoms with van der Waals surface area (Å²) in [6.45, 7) is 3.39. The number of benzene rings is 1. The SMILES string of the molecule is C[C@]12C=C[C@](C)(O1)[C@H]1C(=O)N(c3cc(C(F)(F)F)ccc3Cl)C(=O)[C@@H]12. The minimum Gasteiger partial charge on any atom is -0.359 e. The third kappa shape index (κ3) is 2.05. The van der Waals surface area contributed by atoms with Gasteiger partial charge in [-0.2, -0.15) is 13.2 Å². The molecule has 0 saturated carbocycles. The number of fused-ring (bicyclic) bond motifs is 5. The summed E-state index contributed by atoms with van der Waals surface area (Å²) in [5, 5.41) is -0.0915. The summed E-state index contributed by atoms with van der Waals surface area (Å²) >= 11 is 6.01. The van der Waals surface area contributed by atoms with Crippen molar-refractivity contribution in [2.24, 2.45) is 11.8 Å². The molecule has 4 rings (SSSR count). The molecule has 2 amide bonds. The van der Waals surface area contributed by atoms with E-state index < -0.39 is 46.6 Å². The molecule has 3 aliphatic rings. The molecule has 3 aliphatic heterocycles. The molecule has 4 nitrogen and oxygen atoms in total. The van der Waals surface area contributed by atoms with Gasteiger partial charge in [0.2, 0.25) is 11.8 Å². The van der Waals surface area contributed by atoms with Gasteiger partial charge in [-0.15, -0.1) is 0 Å². The number of ether oxygens (including phenoxy) is 1. The molecular weight excluding hydrogens is 359 g/mol. The van der Waals surface area contributed by atoms with Gasteiger partial charge in [0.1, 0.15) is 0 Å². The molecule has 2 bridgehead atoms. The molecule has 132 valence electrons. The Kier molecular flexibility index (Phi) is 3.09. The molecule has 2 fully saturated rings. The van der Waals surface area contributed by atoms with Gasteiger partial charge >= 0.3 is 6.18 Å². The second-order valence-electron chi connectivity index (χ2n) is 6.93. The number of alkyl halides is 3. The van der Waals surface area contributed by atoms with Crippen molar-refractivity contribution in [1.29, 1.82) is 0 Å². The lowest BCUT2D eigenvalue weighted by Gasteiger charge is -2.26. The van der Waals surface area contributed by atoms with Crippen LogP contribution < -0.4 is 4.90 Å². The molecule has 8 heteroatoms. The van der Waals surface area contributed by atoms with Crippen LogP contribution in [0.15, 0.2) is 30.4 Å². The molecule has 1 aromatic carbocycles. The van der Waals surface area contributed by atoms with Crippen molar-refractivity contribution in [3.63, 3.8) is 0 Å². The number of carbonyl (C=O) groups is 2. The summed E-state index contributed by atoms with van der Waals surface area (Å²) in [6.07, 6.45) is -1.14. The normalized spacial score (nSPS) is 36.5. The third-order valence-electron chi connectivity index (χ3n) is 5.24. The first-order valence-electron chi connectivity index (χ1n) is 7.63. The van der Waals surface area contributed by atoms with Gasteiger partial charge in [-0.3, -0.25) is 9.59 Å². The lowest BCUT2D eigenvalue weighted by atomic mass is 9.73. The van der Waals surface area contributed by atoms with E-state index in [1.54, 1.807) is 26.0 Å². The van der Waals surface area contributed by atoms with Gasteiger partial charge in [0.15, 0.2) is 0 Å². The third-order valence-corrected chi connectivity index (χ3v) is 5.56. The van der Waals surface area contributed by atoms with Gasteiger partial charge < -0.3 is 4.74 Å². The first kappa shape index (κ1) is 16.6. The molecule has 0 radical (unpaired) electrons. The Morgan fingerprint density at radius 3 is 2.08 bits per heavy atom. The molecule has 25 heavy (non-hydrogen) atoms. The van der Waals surface area contributed by atoms with Crippen molar-refractivity contribution < 1.29 is 27.5 Å². The molecule has 2 saturated heterocycles. The van der Waals surface area contributed by atoms with E-state index in [2.05, 4.69) is 0 Å². The number of rotatable bonds is 1. The van der Waals surface area contributed by atoms with Crippen molar-refractivity contribution in [3.8, 4) is 0 Å². The number of hydrogen-bond acceptors (Lipinski definition) is 3. The Balaban J connectivity index is 1.82. The summed E-state index contributed by atoms with van der Waals surface area (Å²) in [4.78, 5) is 26.6. The average Bonchev–Trinajstić information content (AvgIpc) is 3.04. The van der Waals surface area contributed by atoms with Crippen LogP contribution in [-0.4, -0.2) is 23.0 Å². The lowest BCUT2D eigenvalue weighted by molar-refractivity contribution is -0.138. The minimum atomic E-state index is -4.61. The van der Waals surface area contributed by atoms with Gasteiger partial charge in [-0.25, -0.2) is 4.90 Å². The highest BCUT2D eigenvalue weighted by Crippen LogP contribution is 2.58. The quantitative estimate of drug-likeness (QED) is 0.560.